The number of carbonyl (C=O) groups is 1. The Morgan fingerprint density at radius 2 is 1.77 bits per heavy atom. The minimum atomic E-state index is -3.19. The Labute approximate surface area is 130 Å². The van der Waals surface area contributed by atoms with E-state index in [1.165, 1.54) is 22.7 Å². The molecule has 22 heavy (non-hydrogen) atoms. The predicted molar refractivity (Wildman–Crippen MR) is 81.5 cm³/mol. The topological polar surface area (TPSA) is 69.7 Å². The molecule has 0 aliphatic carbocycles. The fraction of sp³-hybridized carbons (Fsp3) is 0.500. The van der Waals surface area contributed by atoms with Crippen LogP contribution in [-0.4, -0.2) is 62.6 Å². The van der Waals surface area contributed by atoms with Crippen molar-refractivity contribution in [2.24, 2.45) is 0 Å². The number of nitrogens with zero attached hydrogens (tertiary/aromatic N) is 2. The van der Waals surface area contributed by atoms with E-state index in [4.69, 9.17) is 0 Å². The van der Waals surface area contributed by atoms with E-state index in [9.17, 15) is 17.6 Å². The van der Waals surface area contributed by atoms with Gasteiger partial charge in [-0.1, -0.05) is 12.1 Å². The SMILES string of the molecule is CS(=O)(=O)N1CCN(C(=O)NCCc2ccc(F)cc2)CC1. The molecule has 1 aromatic rings. The smallest absolute Gasteiger partial charge is 0.317 e. The summed E-state index contributed by atoms with van der Waals surface area (Å²) in [6.45, 7) is 1.87. The van der Waals surface area contributed by atoms with Crippen LogP contribution in [0.3, 0.4) is 0 Å². The lowest BCUT2D eigenvalue weighted by molar-refractivity contribution is 0.172. The third kappa shape index (κ3) is 4.67. The molecule has 1 aliphatic heterocycles. The van der Waals surface area contributed by atoms with Crippen molar-refractivity contribution in [2.75, 3.05) is 39.0 Å². The Morgan fingerprint density at radius 1 is 1.18 bits per heavy atom. The number of carbonyl (C=O) groups excluding carboxylic acids is 1. The highest BCUT2D eigenvalue weighted by atomic mass is 32.2. The van der Waals surface area contributed by atoms with Crippen molar-refractivity contribution in [2.45, 2.75) is 6.42 Å². The van der Waals surface area contributed by atoms with Crippen LogP contribution in [0, 0.1) is 5.82 Å². The first kappa shape index (κ1) is 16.7. The van der Waals surface area contributed by atoms with Gasteiger partial charge in [-0.15, -0.1) is 0 Å². The van der Waals surface area contributed by atoms with Gasteiger partial charge in [-0.25, -0.2) is 17.6 Å². The summed E-state index contributed by atoms with van der Waals surface area (Å²) in [5, 5.41) is 2.79. The molecule has 0 atom stereocenters. The van der Waals surface area contributed by atoms with Crippen LogP contribution in [-0.2, 0) is 16.4 Å². The highest BCUT2D eigenvalue weighted by Crippen LogP contribution is 2.06. The molecule has 0 spiro atoms. The third-order valence-electron chi connectivity index (χ3n) is 3.60. The Hall–Kier alpha value is -1.67. The molecular weight excluding hydrogens is 309 g/mol. The standard InChI is InChI=1S/C14H20FN3O3S/c1-22(20,21)18-10-8-17(9-11-18)14(19)16-7-6-12-2-4-13(15)5-3-12/h2-5H,6-11H2,1H3,(H,16,19). The van der Waals surface area contributed by atoms with Crippen LogP contribution in [0.1, 0.15) is 5.56 Å². The van der Waals surface area contributed by atoms with E-state index in [0.29, 0.717) is 39.1 Å². The minimum absolute atomic E-state index is 0.199. The molecule has 0 radical (unpaired) electrons. The Balaban J connectivity index is 1.73. The molecule has 1 aromatic carbocycles. The predicted octanol–water partition coefficient (Wildman–Crippen LogP) is 0.655. The minimum Gasteiger partial charge on any atom is -0.338 e. The van der Waals surface area contributed by atoms with E-state index in [0.717, 1.165) is 5.56 Å². The van der Waals surface area contributed by atoms with Crippen LogP contribution < -0.4 is 5.32 Å². The van der Waals surface area contributed by atoms with Gasteiger partial charge in [0.2, 0.25) is 10.0 Å². The molecule has 8 heteroatoms. The number of benzene rings is 1. The van der Waals surface area contributed by atoms with Gasteiger partial charge in [-0.3, -0.25) is 0 Å². The lowest BCUT2D eigenvalue weighted by atomic mass is 10.1. The molecule has 1 aliphatic rings. The summed E-state index contributed by atoms with van der Waals surface area (Å²) in [5.41, 5.74) is 0.948. The fourth-order valence-corrected chi connectivity index (χ4v) is 3.13. The second-order valence-electron chi connectivity index (χ2n) is 5.26. The maximum absolute atomic E-state index is 12.8. The van der Waals surface area contributed by atoms with E-state index >= 15 is 0 Å². The number of sulfonamides is 1. The van der Waals surface area contributed by atoms with Gasteiger partial charge < -0.3 is 10.2 Å². The first-order chi connectivity index (χ1) is 10.4. The van der Waals surface area contributed by atoms with E-state index in [2.05, 4.69) is 5.32 Å². The number of hydrogen-bond acceptors (Lipinski definition) is 3. The van der Waals surface area contributed by atoms with Gasteiger partial charge in [-0.2, -0.15) is 4.31 Å². The molecule has 2 rings (SSSR count). The summed E-state index contributed by atoms with van der Waals surface area (Å²) in [5.74, 6) is -0.281. The molecule has 0 bridgehead atoms. The second kappa shape index (κ2) is 7.06. The second-order valence-corrected chi connectivity index (χ2v) is 7.24. The molecule has 6 nitrogen and oxygen atoms in total. The van der Waals surface area contributed by atoms with Crippen molar-refractivity contribution in [3.63, 3.8) is 0 Å². The average Bonchev–Trinajstić information content (AvgIpc) is 2.48. The zero-order chi connectivity index (χ0) is 16.2. The van der Waals surface area contributed by atoms with Crippen molar-refractivity contribution >= 4 is 16.1 Å². The number of hydrogen-bond donors (Lipinski definition) is 1. The summed E-state index contributed by atoms with van der Waals surface area (Å²) < 4.78 is 36.9. The highest BCUT2D eigenvalue weighted by molar-refractivity contribution is 7.88. The van der Waals surface area contributed by atoms with Crippen LogP contribution in [0.4, 0.5) is 9.18 Å². The summed E-state index contributed by atoms with van der Waals surface area (Å²) in [4.78, 5) is 13.6. The fourth-order valence-electron chi connectivity index (χ4n) is 2.30. The maximum Gasteiger partial charge on any atom is 0.317 e. The molecule has 1 fully saturated rings. The van der Waals surface area contributed by atoms with Crippen molar-refractivity contribution in [3.8, 4) is 0 Å². The van der Waals surface area contributed by atoms with Crippen molar-refractivity contribution in [1.82, 2.24) is 14.5 Å². The van der Waals surface area contributed by atoms with Crippen LogP contribution in [0.2, 0.25) is 0 Å². The van der Waals surface area contributed by atoms with Crippen molar-refractivity contribution in [3.05, 3.63) is 35.6 Å². The Bertz CT molecular complexity index is 611. The summed E-state index contributed by atoms with van der Waals surface area (Å²) in [6.07, 6.45) is 1.79. The molecule has 0 aromatic heterocycles. The lowest BCUT2D eigenvalue weighted by Crippen LogP contribution is -2.53. The molecular formula is C14H20FN3O3S. The zero-order valence-electron chi connectivity index (χ0n) is 12.5. The largest absolute Gasteiger partial charge is 0.338 e. The number of amides is 2. The molecule has 0 unspecified atom stereocenters. The average molecular weight is 329 g/mol. The number of halogens is 1. The Morgan fingerprint density at radius 3 is 2.32 bits per heavy atom. The summed E-state index contributed by atoms with van der Waals surface area (Å²) >= 11 is 0. The van der Waals surface area contributed by atoms with E-state index in [1.807, 2.05) is 0 Å². The number of rotatable bonds is 4. The van der Waals surface area contributed by atoms with E-state index in [-0.39, 0.29) is 11.8 Å². The Kier molecular flexibility index (Phi) is 5.36. The van der Waals surface area contributed by atoms with E-state index < -0.39 is 10.0 Å². The third-order valence-corrected chi connectivity index (χ3v) is 4.90. The first-order valence-electron chi connectivity index (χ1n) is 7.08. The quantitative estimate of drug-likeness (QED) is 0.882. The van der Waals surface area contributed by atoms with Crippen LogP contribution in [0.5, 0.6) is 0 Å². The maximum atomic E-state index is 12.8. The van der Waals surface area contributed by atoms with Crippen LogP contribution in [0.25, 0.3) is 0 Å². The first-order valence-corrected chi connectivity index (χ1v) is 8.93. The van der Waals surface area contributed by atoms with Gasteiger partial charge in [0, 0.05) is 32.7 Å². The zero-order valence-corrected chi connectivity index (χ0v) is 13.3. The van der Waals surface area contributed by atoms with Gasteiger partial charge >= 0.3 is 6.03 Å². The number of urea groups is 1. The van der Waals surface area contributed by atoms with E-state index in [1.54, 1.807) is 17.0 Å². The summed E-state index contributed by atoms with van der Waals surface area (Å²) in [6, 6.07) is 5.96. The summed E-state index contributed by atoms with van der Waals surface area (Å²) in [7, 11) is -3.19. The normalized spacial score (nSPS) is 16.5. The van der Waals surface area contributed by atoms with Gasteiger partial charge in [0.05, 0.1) is 6.26 Å². The molecule has 1 heterocycles. The van der Waals surface area contributed by atoms with Gasteiger partial charge in [-0.05, 0) is 24.1 Å². The molecule has 2 amide bonds. The van der Waals surface area contributed by atoms with Gasteiger partial charge in [0.15, 0.2) is 0 Å². The van der Waals surface area contributed by atoms with Crippen LogP contribution in [0.15, 0.2) is 24.3 Å². The number of piperazine rings is 1. The highest BCUT2D eigenvalue weighted by Gasteiger charge is 2.25. The molecule has 0 saturated carbocycles. The number of nitrogens with one attached hydrogen (secondary N) is 1. The van der Waals surface area contributed by atoms with Gasteiger partial charge in [0.1, 0.15) is 5.82 Å². The molecule has 1 saturated heterocycles. The van der Waals surface area contributed by atoms with Crippen molar-refractivity contribution < 1.29 is 17.6 Å². The van der Waals surface area contributed by atoms with Crippen molar-refractivity contribution in [1.29, 1.82) is 0 Å². The lowest BCUT2D eigenvalue weighted by Gasteiger charge is -2.33. The van der Waals surface area contributed by atoms with Crippen LogP contribution >= 0.6 is 0 Å². The molecule has 1 N–H and O–H groups in total. The van der Waals surface area contributed by atoms with Gasteiger partial charge in [0.25, 0.3) is 0 Å². The molecule has 122 valence electrons. The monoisotopic (exact) mass is 329 g/mol.